The van der Waals surface area contributed by atoms with E-state index in [0.29, 0.717) is 10.7 Å². The van der Waals surface area contributed by atoms with Crippen LogP contribution in [0.3, 0.4) is 0 Å². The SMILES string of the molecule is O=C1Nc2ccc(F)cc2C1(O)c1ccc(Cl)cn1. The van der Waals surface area contributed by atoms with Crippen molar-refractivity contribution in [1.29, 1.82) is 0 Å². The van der Waals surface area contributed by atoms with Crippen molar-refractivity contribution in [3.8, 4) is 0 Å². The maximum Gasteiger partial charge on any atom is 0.267 e. The van der Waals surface area contributed by atoms with Crippen LogP contribution in [0.15, 0.2) is 36.5 Å². The predicted octanol–water partition coefficient (Wildman–Crippen LogP) is 2.06. The molecule has 2 heterocycles. The molecule has 2 N–H and O–H groups in total. The van der Waals surface area contributed by atoms with Gasteiger partial charge >= 0.3 is 0 Å². The zero-order chi connectivity index (χ0) is 13.6. The molecule has 1 aromatic carbocycles. The highest BCUT2D eigenvalue weighted by Crippen LogP contribution is 2.40. The Kier molecular flexibility index (Phi) is 2.55. The molecular weight excluding hydrogens is 271 g/mol. The van der Waals surface area contributed by atoms with Crippen molar-refractivity contribution < 1.29 is 14.3 Å². The number of rotatable bonds is 1. The first-order chi connectivity index (χ1) is 9.01. The average Bonchev–Trinajstić information content (AvgIpc) is 2.64. The number of carbonyl (C=O) groups excluding carboxylic acids is 1. The van der Waals surface area contributed by atoms with Crippen LogP contribution < -0.4 is 5.32 Å². The first kappa shape index (κ1) is 12.1. The van der Waals surface area contributed by atoms with Crippen molar-refractivity contribution in [3.05, 3.63) is 58.6 Å². The number of nitrogens with one attached hydrogen (secondary N) is 1. The van der Waals surface area contributed by atoms with Gasteiger partial charge in [0.1, 0.15) is 5.82 Å². The van der Waals surface area contributed by atoms with Gasteiger partial charge in [0.25, 0.3) is 5.91 Å². The number of aliphatic hydroxyl groups is 1. The van der Waals surface area contributed by atoms with Crippen molar-refractivity contribution in [2.45, 2.75) is 5.60 Å². The summed E-state index contributed by atoms with van der Waals surface area (Å²) in [5.41, 5.74) is -1.39. The monoisotopic (exact) mass is 278 g/mol. The Morgan fingerprint density at radius 3 is 2.79 bits per heavy atom. The molecule has 0 saturated heterocycles. The van der Waals surface area contributed by atoms with E-state index in [0.717, 1.165) is 6.07 Å². The molecule has 0 saturated carbocycles. The lowest BCUT2D eigenvalue weighted by atomic mass is 9.91. The lowest BCUT2D eigenvalue weighted by Gasteiger charge is -2.20. The molecule has 0 spiro atoms. The molecule has 1 aromatic heterocycles. The molecule has 19 heavy (non-hydrogen) atoms. The van der Waals surface area contributed by atoms with Crippen molar-refractivity contribution in [2.24, 2.45) is 0 Å². The van der Waals surface area contributed by atoms with Gasteiger partial charge in [0, 0.05) is 17.4 Å². The van der Waals surface area contributed by atoms with Gasteiger partial charge in [-0.25, -0.2) is 4.39 Å². The normalized spacial score (nSPS) is 21.1. The highest BCUT2D eigenvalue weighted by atomic mass is 35.5. The second-order valence-electron chi connectivity index (χ2n) is 4.22. The van der Waals surface area contributed by atoms with Crippen LogP contribution in [0.2, 0.25) is 5.02 Å². The van der Waals surface area contributed by atoms with Crippen LogP contribution in [0.5, 0.6) is 0 Å². The Morgan fingerprint density at radius 1 is 1.32 bits per heavy atom. The topological polar surface area (TPSA) is 62.2 Å². The van der Waals surface area contributed by atoms with Crippen molar-refractivity contribution in [3.63, 3.8) is 0 Å². The van der Waals surface area contributed by atoms with Gasteiger partial charge in [0.05, 0.1) is 10.7 Å². The van der Waals surface area contributed by atoms with Crippen molar-refractivity contribution in [2.75, 3.05) is 5.32 Å². The van der Waals surface area contributed by atoms with Gasteiger partial charge < -0.3 is 10.4 Å². The molecule has 1 amide bonds. The summed E-state index contributed by atoms with van der Waals surface area (Å²) in [6.45, 7) is 0. The second-order valence-corrected chi connectivity index (χ2v) is 4.65. The summed E-state index contributed by atoms with van der Waals surface area (Å²) in [6.07, 6.45) is 1.32. The van der Waals surface area contributed by atoms with Crippen LogP contribution in [-0.2, 0) is 10.4 Å². The number of pyridine rings is 1. The zero-order valence-electron chi connectivity index (χ0n) is 9.52. The largest absolute Gasteiger partial charge is 0.370 e. The molecule has 0 bridgehead atoms. The summed E-state index contributed by atoms with van der Waals surface area (Å²) in [5.74, 6) is -1.20. The van der Waals surface area contributed by atoms with Gasteiger partial charge in [-0.05, 0) is 30.3 Å². The quantitative estimate of drug-likeness (QED) is 0.839. The fraction of sp³-hybridized carbons (Fsp3) is 0.0769. The highest BCUT2D eigenvalue weighted by Gasteiger charge is 2.48. The minimum atomic E-state index is -2.00. The van der Waals surface area contributed by atoms with E-state index in [4.69, 9.17) is 11.6 Å². The van der Waals surface area contributed by atoms with E-state index in [-0.39, 0.29) is 11.3 Å². The number of halogens is 2. The lowest BCUT2D eigenvalue weighted by Crippen LogP contribution is -2.36. The van der Waals surface area contributed by atoms with E-state index in [1.807, 2.05) is 0 Å². The smallest absolute Gasteiger partial charge is 0.267 e. The summed E-state index contributed by atoms with van der Waals surface area (Å²) in [4.78, 5) is 15.9. The number of hydrogen-bond acceptors (Lipinski definition) is 3. The van der Waals surface area contributed by atoms with Gasteiger partial charge in [-0.2, -0.15) is 0 Å². The number of aromatic nitrogens is 1. The first-order valence-electron chi connectivity index (χ1n) is 5.47. The van der Waals surface area contributed by atoms with Gasteiger partial charge in [0.15, 0.2) is 0 Å². The van der Waals surface area contributed by atoms with Crippen LogP contribution in [0.1, 0.15) is 11.3 Å². The number of carbonyl (C=O) groups is 1. The summed E-state index contributed by atoms with van der Waals surface area (Å²) in [6, 6.07) is 6.66. The third kappa shape index (κ3) is 1.70. The van der Waals surface area contributed by atoms with E-state index in [1.165, 1.54) is 30.5 Å². The fourth-order valence-corrected chi connectivity index (χ4v) is 2.22. The van der Waals surface area contributed by atoms with E-state index >= 15 is 0 Å². The number of anilines is 1. The molecule has 96 valence electrons. The van der Waals surface area contributed by atoms with Crippen molar-refractivity contribution in [1.82, 2.24) is 4.98 Å². The number of amides is 1. The number of hydrogen-bond donors (Lipinski definition) is 2. The Balaban J connectivity index is 2.21. The van der Waals surface area contributed by atoms with E-state index in [1.54, 1.807) is 0 Å². The molecule has 1 atom stereocenters. The van der Waals surface area contributed by atoms with Gasteiger partial charge in [-0.15, -0.1) is 0 Å². The molecule has 0 fully saturated rings. The standard InChI is InChI=1S/C13H8ClFN2O2/c14-7-1-4-11(16-6-7)13(19)9-5-8(15)2-3-10(9)17-12(13)18/h1-6,19H,(H,17,18). The van der Waals surface area contributed by atoms with Crippen LogP contribution in [-0.4, -0.2) is 16.0 Å². The third-order valence-electron chi connectivity index (χ3n) is 3.05. The molecule has 0 aliphatic carbocycles. The predicted molar refractivity (Wildman–Crippen MR) is 67.3 cm³/mol. The maximum atomic E-state index is 13.3. The molecule has 1 unspecified atom stereocenters. The number of fused-ring (bicyclic) bond motifs is 1. The lowest BCUT2D eigenvalue weighted by molar-refractivity contribution is -0.130. The molecule has 1 aliphatic rings. The number of nitrogens with zero attached hydrogens (tertiary/aromatic N) is 1. The second kappa shape index (κ2) is 4.01. The average molecular weight is 279 g/mol. The van der Waals surface area contributed by atoms with Crippen molar-refractivity contribution >= 4 is 23.2 Å². The summed E-state index contributed by atoms with van der Waals surface area (Å²) < 4.78 is 13.3. The molecule has 0 radical (unpaired) electrons. The molecule has 1 aliphatic heterocycles. The van der Waals surface area contributed by atoms with Gasteiger partial charge in [0.2, 0.25) is 5.60 Å². The minimum absolute atomic E-state index is 0.0961. The molecule has 3 rings (SSSR count). The molecule has 6 heteroatoms. The van der Waals surface area contributed by atoms with Gasteiger partial charge in [-0.3, -0.25) is 9.78 Å². The van der Waals surface area contributed by atoms with Gasteiger partial charge in [-0.1, -0.05) is 11.6 Å². The van der Waals surface area contributed by atoms with Crippen LogP contribution in [0, 0.1) is 5.82 Å². The zero-order valence-corrected chi connectivity index (χ0v) is 10.3. The highest BCUT2D eigenvalue weighted by molar-refractivity contribution is 6.30. The number of benzene rings is 1. The Bertz CT molecular complexity index is 675. The van der Waals surface area contributed by atoms with Crippen LogP contribution >= 0.6 is 11.6 Å². The summed E-state index contributed by atoms with van der Waals surface area (Å²) in [5, 5.41) is 13.5. The first-order valence-corrected chi connectivity index (χ1v) is 5.85. The maximum absolute atomic E-state index is 13.3. The van der Waals surface area contributed by atoms with Crippen LogP contribution in [0.4, 0.5) is 10.1 Å². The fourth-order valence-electron chi connectivity index (χ4n) is 2.10. The Hall–Kier alpha value is -1.98. The summed E-state index contributed by atoms with van der Waals surface area (Å²) >= 11 is 5.72. The third-order valence-corrected chi connectivity index (χ3v) is 3.27. The summed E-state index contributed by atoms with van der Waals surface area (Å²) in [7, 11) is 0. The molecular formula is C13H8ClFN2O2. The van der Waals surface area contributed by atoms with E-state index in [2.05, 4.69) is 10.3 Å². The molecule has 4 nitrogen and oxygen atoms in total. The van der Waals surface area contributed by atoms with Crippen LogP contribution in [0.25, 0.3) is 0 Å². The van der Waals surface area contributed by atoms with E-state index < -0.39 is 17.3 Å². The van der Waals surface area contributed by atoms with E-state index in [9.17, 15) is 14.3 Å². The Labute approximate surface area is 112 Å². The minimum Gasteiger partial charge on any atom is -0.370 e. The Morgan fingerprint density at radius 2 is 2.11 bits per heavy atom. The molecule has 2 aromatic rings.